The van der Waals surface area contributed by atoms with Gasteiger partial charge in [0.15, 0.2) is 0 Å². The monoisotopic (exact) mass is 299 g/mol. The summed E-state index contributed by atoms with van der Waals surface area (Å²) >= 11 is 0. The minimum atomic E-state index is -1.16. The Morgan fingerprint density at radius 3 is 1.65 bits per heavy atom. The standard InChI is InChI=1S/C8H18.C3H5NO2.C3H6O2.Na.H/c1-4-6-7-8(3)5-2;1-2(4)3(5)6;1-2-3(4)5;;/h8H,4-7H2,1-3H3;4H,1H3,(H,5,6);2H2,1H3,(H,4,5);;. The summed E-state index contributed by atoms with van der Waals surface area (Å²) < 4.78 is 0. The van der Waals surface area contributed by atoms with E-state index in [1.165, 1.54) is 32.6 Å². The van der Waals surface area contributed by atoms with Crippen molar-refractivity contribution >= 4 is 47.2 Å². The molecule has 116 valence electrons. The maximum atomic E-state index is 9.47. The average Bonchev–Trinajstić information content (AvgIpc) is 2.37. The number of rotatable bonds is 6. The Labute approximate surface area is 145 Å². The Kier molecular flexibility index (Phi) is 29.2. The minimum absolute atomic E-state index is 0. The molecule has 3 N–H and O–H groups in total. The number of aliphatic carboxylic acids is 2. The van der Waals surface area contributed by atoms with E-state index in [1.807, 2.05) is 0 Å². The van der Waals surface area contributed by atoms with Gasteiger partial charge in [-0.2, -0.15) is 0 Å². The summed E-state index contributed by atoms with van der Waals surface area (Å²) in [4.78, 5) is 18.8. The number of unbranched alkanes of at least 4 members (excludes halogenated alkanes) is 1. The van der Waals surface area contributed by atoms with E-state index in [1.54, 1.807) is 6.92 Å². The number of carboxylic acid groups (broad SMARTS) is 2. The Morgan fingerprint density at radius 1 is 1.15 bits per heavy atom. The van der Waals surface area contributed by atoms with E-state index in [9.17, 15) is 9.59 Å². The van der Waals surface area contributed by atoms with Crippen LogP contribution in [0.1, 0.15) is 66.7 Å². The third kappa shape index (κ3) is 36.0. The Morgan fingerprint density at radius 2 is 1.50 bits per heavy atom. The molecule has 0 aliphatic heterocycles. The van der Waals surface area contributed by atoms with Crippen molar-refractivity contribution in [3.63, 3.8) is 0 Å². The number of hydrogen-bond acceptors (Lipinski definition) is 3. The predicted octanol–water partition coefficient (Wildman–Crippen LogP) is 3.17. The van der Waals surface area contributed by atoms with Crippen molar-refractivity contribution < 1.29 is 19.8 Å². The molecule has 6 heteroatoms. The van der Waals surface area contributed by atoms with Crippen LogP contribution in [0.5, 0.6) is 0 Å². The number of carboxylic acids is 2. The van der Waals surface area contributed by atoms with Gasteiger partial charge in [0.25, 0.3) is 0 Å². The van der Waals surface area contributed by atoms with E-state index >= 15 is 0 Å². The second-order valence-corrected chi connectivity index (χ2v) is 4.33. The van der Waals surface area contributed by atoms with Gasteiger partial charge in [0.05, 0.1) is 0 Å². The zero-order valence-corrected chi connectivity index (χ0v) is 12.8. The molecule has 0 bridgehead atoms. The van der Waals surface area contributed by atoms with Gasteiger partial charge < -0.3 is 10.2 Å². The predicted molar refractivity (Wildman–Crippen MR) is 85.1 cm³/mol. The second kappa shape index (κ2) is 20.9. The fourth-order valence-electron chi connectivity index (χ4n) is 0.757. The summed E-state index contributed by atoms with van der Waals surface area (Å²) in [5.74, 6) is -0.949. The van der Waals surface area contributed by atoms with Crippen molar-refractivity contribution in [2.24, 2.45) is 5.92 Å². The van der Waals surface area contributed by atoms with Gasteiger partial charge in [-0.05, 0) is 12.8 Å². The second-order valence-electron chi connectivity index (χ2n) is 4.33. The van der Waals surface area contributed by atoms with Gasteiger partial charge in [-0.3, -0.25) is 10.2 Å². The van der Waals surface area contributed by atoms with Gasteiger partial charge in [-0.15, -0.1) is 0 Å². The van der Waals surface area contributed by atoms with Crippen LogP contribution >= 0.6 is 0 Å². The number of carbonyl (C=O) groups is 2. The molecule has 0 aromatic carbocycles. The number of nitrogens with one attached hydrogen (secondary N) is 1. The van der Waals surface area contributed by atoms with Crippen molar-refractivity contribution in [3.05, 3.63) is 0 Å². The van der Waals surface area contributed by atoms with Crippen molar-refractivity contribution in [1.29, 1.82) is 5.41 Å². The fourth-order valence-corrected chi connectivity index (χ4v) is 0.757. The molecule has 0 aromatic heterocycles. The molecule has 0 spiro atoms. The van der Waals surface area contributed by atoms with Crippen LogP contribution in [-0.2, 0) is 9.59 Å². The van der Waals surface area contributed by atoms with Crippen molar-refractivity contribution in [2.45, 2.75) is 66.7 Å². The summed E-state index contributed by atoms with van der Waals surface area (Å²) in [5, 5.41) is 21.8. The molecule has 0 aromatic rings. The van der Waals surface area contributed by atoms with Crippen LogP contribution in [0, 0.1) is 11.3 Å². The molecule has 0 radical (unpaired) electrons. The first-order chi connectivity index (χ1) is 8.72. The summed E-state index contributed by atoms with van der Waals surface area (Å²) in [6, 6.07) is 0. The zero-order valence-electron chi connectivity index (χ0n) is 12.8. The van der Waals surface area contributed by atoms with Gasteiger partial charge in [-0.25, -0.2) is 4.79 Å². The van der Waals surface area contributed by atoms with Crippen LogP contribution in [0.2, 0.25) is 0 Å². The van der Waals surface area contributed by atoms with Crippen molar-refractivity contribution in [1.82, 2.24) is 0 Å². The van der Waals surface area contributed by atoms with Crippen molar-refractivity contribution in [2.75, 3.05) is 0 Å². The maximum absolute atomic E-state index is 9.47. The van der Waals surface area contributed by atoms with E-state index in [2.05, 4.69) is 20.8 Å². The van der Waals surface area contributed by atoms with E-state index < -0.39 is 11.9 Å². The SMILES string of the molecule is CC(=N)C(=O)O.CCC(=O)O.CCCCC(C)CC.[NaH]. The first-order valence-corrected chi connectivity index (χ1v) is 6.72. The molecular formula is C14H30NNaO4. The van der Waals surface area contributed by atoms with Crippen LogP contribution in [0.3, 0.4) is 0 Å². The van der Waals surface area contributed by atoms with Crippen LogP contribution in [0.4, 0.5) is 0 Å². The first kappa shape index (κ1) is 27.9. The van der Waals surface area contributed by atoms with Gasteiger partial charge >= 0.3 is 41.5 Å². The summed E-state index contributed by atoms with van der Waals surface area (Å²) in [7, 11) is 0. The van der Waals surface area contributed by atoms with Crippen LogP contribution in [-0.4, -0.2) is 57.4 Å². The molecule has 1 atom stereocenters. The molecule has 0 aliphatic carbocycles. The average molecular weight is 299 g/mol. The fraction of sp³-hybridized carbons (Fsp3) is 0.786. The summed E-state index contributed by atoms with van der Waals surface area (Å²) in [6.07, 6.45) is 5.76. The molecule has 1 unspecified atom stereocenters. The molecule has 0 saturated heterocycles. The zero-order chi connectivity index (χ0) is 15.8. The number of hydrogen-bond donors (Lipinski definition) is 3. The Bertz CT molecular complexity index is 246. The van der Waals surface area contributed by atoms with Crippen LogP contribution < -0.4 is 0 Å². The molecule has 20 heavy (non-hydrogen) atoms. The third-order valence-electron chi connectivity index (χ3n) is 2.37. The summed E-state index contributed by atoms with van der Waals surface area (Å²) in [5.41, 5.74) is -0.324. The Balaban J connectivity index is -0.0000000966. The third-order valence-corrected chi connectivity index (χ3v) is 2.37. The molecule has 5 nitrogen and oxygen atoms in total. The van der Waals surface area contributed by atoms with Gasteiger partial charge in [0.1, 0.15) is 5.71 Å². The van der Waals surface area contributed by atoms with Gasteiger partial charge in [0, 0.05) is 6.42 Å². The Hall–Kier alpha value is -0.390. The van der Waals surface area contributed by atoms with Crippen LogP contribution in [0.25, 0.3) is 0 Å². The van der Waals surface area contributed by atoms with Crippen LogP contribution in [0.15, 0.2) is 0 Å². The van der Waals surface area contributed by atoms with Crippen molar-refractivity contribution in [3.8, 4) is 0 Å². The van der Waals surface area contributed by atoms with E-state index in [4.69, 9.17) is 15.6 Å². The molecule has 0 amide bonds. The molecule has 0 fully saturated rings. The van der Waals surface area contributed by atoms with Gasteiger partial charge in [0.2, 0.25) is 0 Å². The summed E-state index contributed by atoms with van der Waals surface area (Å²) in [6.45, 7) is 9.67. The molecular weight excluding hydrogens is 269 g/mol. The topological polar surface area (TPSA) is 98.5 Å². The first-order valence-electron chi connectivity index (χ1n) is 6.72. The molecule has 0 saturated carbocycles. The van der Waals surface area contributed by atoms with E-state index in [0.717, 1.165) is 5.92 Å². The molecule has 0 heterocycles. The quantitative estimate of drug-likeness (QED) is 0.518. The molecule has 0 rings (SSSR count). The van der Waals surface area contributed by atoms with E-state index in [-0.39, 0.29) is 41.7 Å². The molecule has 0 aliphatic rings. The van der Waals surface area contributed by atoms with Gasteiger partial charge in [-0.1, -0.05) is 53.4 Å². The normalized spacial score (nSPS) is 9.65. The van der Waals surface area contributed by atoms with E-state index in [0.29, 0.717) is 0 Å².